The average Bonchev–Trinajstić information content (AvgIpc) is 3.18. The Hall–Kier alpha value is -3.81. The smallest absolute Gasteiger partial charge is 0.337 e. The molecule has 4 rings (SSSR count). The molecule has 0 aliphatic carbocycles. The van der Waals surface area contributed by atoms with Gasteiger partial charge in [0, 0.05) is 37.1 Å². The number of rotatable bonds is 4. The van der Waals surface area contributed by atoms with E-state index in [1.165, 1.54) is 10.7 Å². The zero-order valence-corrected chi connectivity index (χ0v) is 15.6. The van der Waals surface area contributed by atoms with E-state index in [1.54, 1.807) is 42.9 Å². The minimum absolute atomic E-state index is 0.160. The molecule has 0 saturated carbocycles. The van der Waals surface area contributed by atoms with Crippen molar-refractivity contribution in [2.45, 2.75) is 13.8 Å². The third-order valence-corrected chi connectivity index (χ3v) is 4.73. The number of fused-ring (bicyclic) bond motifs is 2. The topological polar surface area (TPSA) is 97.3 Å². The quantitative estimate of drug-likeness (QED) is 0.569. The van der Waals surface area contributed by atoms with Gasteiger partial charge in [0.15, 0.2) is 5.75 Å². The first kappa shape index (κ1) is 17.6. The summed E-state index contributed by atoms with van der Waals surface area (Å²) < 4.78 is 9.34. The van der Waals surface area contributed by atoms with E-state index in [0.29, 0.717) is 28.3 Å². The van der Waals surface area contributed by atoms with Crippen LogP contribution < -0.4 is 10.1 Å². The van der Waals surface area contributed by atoms with Crippen LogP contribution in [0, 0.1) is 13.8 Å². The minimum Gasteiger partial charge on any atom is -0.478 e. The molecular weight excluding hydrogens is 360 g/mol. The number of carbonyl (C=O) groups excluding carboxylic acids is 1. The lowest BCUT2D eigenvalue weighted by atomic mass is 10.2. The lowest BCUT2D eigenvalue weighted by Crippen LogP contribution is -2.20. The standard InChI is InChI=1S/C20H18N4O4/c1-11-8-13-9-14(5-7-23(13)17(11)19(25)21-3)28-16-4-6-22-24-10-15(20(26)27)12(2)18(16)24/h4-10H,1-3H3,(H,21,25)(H,26,27). The van der Waals surface area contributed by atoms with E-state index in [1.807, 2.05) is 19.1 Å². The summed E-state index contributed by atoms with van der Waals surface area (Å²) in [6.07, 6.45) is 4.79. The predicted molar refractivity (Wildman–Crippen MR) is 102 cm³/mol. The number of nitrogens with zero attached hydrogens (tertiary/aromatic N) is 3. The van der Waals surface area contributed by atoms with E-state index < -0.39 is 5.97 Å². The first-order valence-electron chi connectivity index (χ1n) is 8.62. The number of hydrogen-bond donors (Lipinski definition) is 2. The highest BCUT2D eigenvalue weighted by atomic mass is 16.5. The van der Waals surface area contributed by atoms with E-state index in [4.69, 9.17) is 4.74 Å². The summed E-state index contributed by atoms with van der Waals surface area (Å²) in [7, 11) is 1.60. The maximum Gasteiger partial charge on any atom is 0.337 e. The average molecular weight is 378 g/mol. The molecule has 8 nitrogen and oxygen atoms in total. The summed E-state index contributed by atoms with van der Waals surface area (Å²) in [5, 5.41) is 16.2. The van der Waals surface area contributed by atoms with E-state index in [9.17, 15) is 14.7 Å². The second-order valence-corrected chi connectivity index (χ2v) is 6.48. The highest BCUT2D eigenvalue weighted by Gasteiger charge is 2.18. The van der Waals surface area contributed by atoms with Crippen LogP contribution in [0.3, 0.4) is 0 Å². The number of ether oxygens (including phenoxy) is 1. The van der Waals surface area contributed by atoms with Crippen molar-refractivity contribution in [2.75, 3.05) is 7.05 Å². The van der Waals surface area contributed by atoms with Crippen molar-refractivity contribution >= 4 is 22.9 Å². The number of aryl methyl sites for hydroxylation is 2. The summed E-state index contributed by atoms with van der Waals surface area (Å²) >= 11 is 0. The van der Waals surface area contributed by atoms with Crippen molar-refractivity contribution in [3.05, 3.63) is 65.2 Å². The maximum absolute atomic E-state index is 12.1. The van der Waals surface area contributed by atoms with Crippen LogP contribution in [0.1, 0.15) is 32.0 Å². The van der Waals surface area contributed by atoms with Crippen LogP contribution >= 0.6 is 0 Å². The number of pyridine rings is 1. The highest BCUT2D eigenvalue weighted by molar-refractivity contribution is 5.95. The number of hydrogen-bond acceptors (Lipinski definition) is 4. The molecule has 28 heavy (non-hydrogen) atoms. The zero-order valence-electron chi connectivity index (χ0n) is 15.6. The number of carbonyl (C=O) groups is 2. The monoisotopic (exact) mass is 378 g/mol. The summed E-state index contributed by atoms with van der Waals surface area (Å²) in [6, 6.07) is 7.18. The normalized spacial score (nSPS) is 11.1. The molecule has 0 saturated heterocycles. The summed E-state index contributed by atoms with van der Waals surface area (Å²) in [4.78, 5) is 23.5. The van der Waals surface area contributed by atoms with Crippen molar-refractivity contribution in [2.24, 2.45) is 0 Å². The number of amides is 1. The Bertz CT molecular complexity index is 1250. The molecule has 4 aromatic heterocycles. The van der Waals surface area contributed by atoms with E-state index >= 15 is 0 Å². The van der Waals surface area contributed by atoms with Gasteiger partial charge in [-0.25, -0.2) is 9.31 Å². The van der Waals surface area contributed by atoms with Crippen LogP contribution in [0.15, 0.2) is 42.9 Å². The van der Waals surface area contributed by atoms with Gasteiger partial charge < -0.3 is 19.6 Å². The van der Waals surface area contributed by atoms with Crippen LogP contribution in [0.5, 0.6) is 11.5 Å². The molecule has 4 heterocycles. The van der Waals surface area contributed by atoms with Gasteiger partial charge in [-0.1, -0.05) is 0 Å². The summed E-state index contributed by atoms with van der Waals surface area (Å²) in [6.45, 7) is 3.60. The second kappa shape index (κ2) is 6.41. The van der Waals surface area contributed by atoms with Gasteiger partial charge in [-0.15, -0.1) is 0 Å². The Morgan fingerprint density at radius 1 is 1.21 bits per heavy atom. The largest absolute Gasteiger partial charge is 0.478 e. The number of carboxylic acids is 1. The van der Waals surface area contributed by atoms with Gasteiger partial charge in [0.05, 0.1) is 11.8 Å². The maximum atomic E-state index is 12.1. The van der Waals surface area contributed by atoms with Crippen LogP contribution in [-0.2, 0) is 0 Å². The lowest BCUT2D eigenvalue weighted by molar-refractivity contribution is 0.0696. The van der Waals surface area contributed by atoms with Gasteiger partial charge in [0.1, 0.15) is 17.0 Å². The summed E-state index contributed by atoms with van der Waals surface area (Å²) in [5.74, 6) is -0.106. The second-order valence-electron chi connectivity index (χ2n) is 6.48. The summed E-state index contributed by atoms with van der Waals surface area (Å²) in [5.41, 5.74) is 3.60. The van der Waals surface area contributed by atoms with Gasteiger partial charge in [0.2, 0.25) is 0 Å². The molecule has 0 aromatic carbocycles. The van der Waals surface area contributed by atoms with Gasteiger partial charge in [0.25, 0.3) is 5.91 Å². The number of carboxylic acid groups (broad SMARTS) is 1. The first-order valence-corrected chi connectivity index (χ1v) is 8.62. The third-order valence-electron chi connectivity index (χ3n) is 4.73. The molecule has 0 radical (unpaired) electrons. The molecule has 0 spiro atoms. The Balaban J connectivity index is 1.78. The fourth-order valence-electron chi connectivity index (χ4n) is 3.41. The van der Waals surface area contributed by atoms with E-state index in [-0.39, 0.29) is 11.5 Å². The number of aromatic carboxylic acids is 1. The van der Waals surface area contributed by atoms with Crippen molar-refractivity contribution in [1.29, 1.82) is 0 Å². The first-order chi connectivity index (χ1) is 13.4. The number of nitrogens with one attached hydrogen (secondary N) is 1. The third kappa shape index (κ3) is 2.66. The molecule has 1 amide bonds. The van der Waals surface area contributed by atoms with Crippen LogP contribution in [0.2, 0.25) is 0 Å². The van der Waals surface area contributed by atoms with Crippen molar-refractivity contribution in [3.8, 4) is 11.5 Å². The van der Waals surface area contributed by atoms with E-state index in [0.717, 1.165) is 11.1 Å². The SMILES string of the molecule is CNC(=O)c1c(C)cc2cc(Oc3ccnn4cc(C(=O)O)c(C)c34)ccn12. The van der Waals surface area contributed by atoms with Gasteiger partial charge in [-0.3, -0.25) is 4.79 Å². The van der Waals surface area contributed by atoms with Gasteiger partial charge in [-0.2, -0.15) is 5.10 Å². The predicted octanol–water partition coefficient (Wildman–Crippen LogP) is 3.05. The molecule has 4 aromatic rings. The molecule has 0 aliphatic heterocycles. The van der Waals surface area contributed by atoms with Gasteiger partial charge in [-0.05, 0) is 37.1 Å². The Morgan fingerprint density at radius 2 is 2.00 bits per heavy atom. The molecule has 8 heteroatoms. The fraction of sp³-hybridized carbons (Fsp3) is 0.150. The van der Waals surface area contributed by atoms with Crippen molar-refractivity contribution < 1.29 is 19.4 Å². The molecule has 0 atom stereocenters. The van der Waals surface area contributed by atoms with Crippen molar-refractivity contribution in [1.82, 2.24) is 19.3 Å². The van der Waals surface area contributed by atoms with Crippen LogP contribution in [0.25, 0.3) is 11.0 Å². The Morgan fingerprint density at radius 3 is 2.71 bits per heavy atom. The Kier molecular flexibility index (Phi) is 4.03. The fourth-order valence-corrected chi connectivity index (χ4v) is 3.41. The van der Waals surface area contributed by atoms with Crippen LogP contribution in [0.4, 0.5) is 0 Å². The minimum atomic E-state index is -1.01. The lowest BCUT2D eigenvalue weighted by Gasteiger charge is -2.09. The highest BCUT2D eigenvalue weighted by Crippen LogP contribution is 2.31. The van der Waals surface area contributed by atoms with Crippen molar-refractivity contribution in [3.63, 3.8) is 0 Å². The molecule has 2 N–H and O–H groups in total. The Labute approximate surface area is 160 Å². The van der Waals surface area contributed by atoms with Crippen LogP contribution in [-0.4, -0.2) is 38.0 Å². The molecular formula is C20H18N4O4. The molecule has 0 unspecified atom stereocenters. The zero-order chi connectivity index (χ0) is 20.0. The molecule has 0 fully saturated rings. The van der Waals surface area contributed by atoms with E-state index in [2.05, 4.69) is 10.4 Å². The van der Waals surface area contributed by atoms with Gasteiger partial charge >= 0.3 is 5.97 Å². The number of aromatic nitrogens is 3. The molecule has 0 bridgehead atoms. The molecule has 0 aliphatic rings. The molecule has 142 valence electrons.